The molecule has 2 aromatic rings. The lowest BCUT2D eigenvalue weighted by molar-refractivity contribution is 0.599. The molecule has 0 bridgehead atoms. The number of hydrogen-bond acceptors (Lipinski definition) is 1. The van der Waals surface area contributed by atoms with Crippen molar-refractivity contribution in [2.24, 2.45) is 0 Å². The Morgan fingerprint density at radius 3 is 2.47 bits per heavy atom. The van der Waals surface area contributed by atoms with Gasteiger partial charge in [0.1, 0.15) is 11.6 Å². The quantitative estimate of drug-likeness (QED) is 0.712. The summed E-state index contributed by atoms with van der Waals surface area (Å²) in [6, 6.07) is 8.90. The maximum Gasteiger partial charge on any atom is 0.128 e. The zero-order chi connectivity index (χ0) is 14.0. The average Bonchev–Trinajstić information content (AvgIpc) is 2.35. The van der Waals surface area contributed by atoms with Gasteiger partial charge in [0.25, 0.3) is 0 Å². The lowest BCUT2D eigenvalue weighted by Crippen LogP contribution is -2.09. The molecule has 1 atom stereocenters. The highest BCUT2D eigenvalue weighted by atomic mass is 79.9. The van der Waals surface area contributed by atoms with E-state index in [0.717, 1.165) is 4.47 Å². The van der Waals surface area contributed by atoms with E-state index < -0.39 is 0 Å². The van der Waals surface area contributed by atoms with E-state index in [1.165, 1.54) is 18.2 Å². The maximum absolute atomic E-state index is 13.8. The highest BCUT2D eigenvalue weighted by molar-refractivity contribution is 9.10. The molecule has 0 saturated carbocycles. The van der Waals surface area contributed by atoms with Crippen molar-refractivity contribution in [2.45, 2.75) is 13.0 Å². The summed E-state index contributed by atoms with van der Waals surface area (Å²) in [6.45, 7) is 1.85. The van der Waals surface area contributed by atoms with E-state index in [4.69, 9.17) is 0 Å². The van der Waals surface area contributed by atoms with Gasteiger partial charge in [0.15, 0.2) is 0 Å². The molecule has 5 heteroatoms. The zero-order valence-electron chi connectivity index (χ0n) is 10.1. The molecule has 0 aliphatic heterocycles. The molecule has 2 aromatic carbocycles. The number of rotatable bonds is 3. The van der Waals surface area contributed by atoms with E-state index in [2.05, 4.69) is 37.2 Å². The third-order valence-corrected chi connectivity index (χ3v) is 3.88. The molecule has 1 N–H and O–H groups in total. The first-order chi connectivity index (χ1) is 8.97. The fourth-order valence-corrected chi connectivity index (χ4v) is 2.61. The predicted octanol–water partition coefficient (Wildman–Crippen LogP) is 5.66. The van der Waals surface area contributed by atoms with E-state index >= 15 is 0 Å². The Hall–Kier alpha value is -0.940. The number of halogens is 4. The van der Waals surface area contributed by atoms with Gasteiger partial charge in [-0.3, -0.25) is 0 Å². The molecule has 19 heavy (non-hydrogen) atoms. The van der Waals surface area contributed by atoms with Crippen LogP contribution in [0, 0.1) is 11.6 Å². The van der Waals surface area contributed by atoms with Crippen LogP contribution in [0.4, 0.5) is 14.5 Å². The van der Waals surface area contributed by atoms with Gasteiger partial charge < -0.3 is 5.32 Å². The van der Waals surface area contributed by atoms with Gasteiger partial charge in [-0.1, -0.05) is 15.9 Å². The van der Waals surface area contributed by atoms with Crippen molar-refractivity contribution >= 4 is 37.5 Å². The van der Waals surface area contributed by atoms with Crippen LogP contribution < -0.4 is 5.32 Å². The third kappa shape index (κ3) is 3.54. The van der Waals surface area contributed by atoms with E-state index in [1.54, 1.807) is 18.2 Å². The van der Waals surface area contributed by atoms with E-state index in [-0.39, 0.29) is 17.7 Å². The topological polar surface area (TPSA) is 12.0 Å². The summed E-state index contributed by atoms with van der Waals surface area (Å²) in [7, 11) is 0. The molecular formula is C14H11Br2F2N. The van der Waals surface area contributed by atoms with E-state index in [9.17, 15) is 8.78 Å². The summed E-state index contributed by atoms with van der Waals surface area (Å²) in [5.74, 6) is -0.597. The summed E-state index contributed by atoms with van der Waals surface area (Å²) in [4.78, 5) is 0. The second kappa shape index (κ2) is 6.01. The van der Waals surface area contributed by atoms with Gasteiger partial charge >= 0.3 is 0 Å². The van der Waals surface area contributed by atoms with Crippen molar-refractivity contribution in [1.29, 1.82) is 0 Å². The van der Waals surface area contributed by atoms with Gasteiger partial charge in [0.2, 0.25) is 0 Å². The Morgan fingerprint density at radius 2 is 1.79 bits per heavy atom. The monoisotopic (exact) mass is 389 g/mol. The first kappa shape index (κ1) is 14.5. The Morgan fingerprint density at radius 1 is 1.05 bits per heavy atom. The van der Waals surface area contributed by atoms with Crippen LogP contribution in [-0.2, 0) is 0 Å². The molecule has 0 aromatic heterocycles. The Bertz CT molecular complexity index is 602. The van der Waals surface area contributed by atoms with Crippen LogP contribution in [0.2, 0.25) is 0 Å². The molecule has 100 valence electrons. The first-order valence-electron chi connectivity index (χ1n) is 5.64. The average molecular weight is 391 g/mol. The van der Waals surface area contributed by atoms with E-state index in [0.29, 0.717) is 15.7 Å². The molecule has 0 radical (unpaired) electrons. The van der Waals surface area contributed by atoms with Gasteiger partial charge in [0, 0.05) is 20.2 Å². The lowest BCUT2D eigenvalue weighted by Gasteiger charge is -2.18. The third-order valence-electron chi connectivity index (χ3n) is 2.73. The minimum Gasteiger partial charge on any atom is -0.377 e. The van der Waals surface area contributed by atoms with Crippen molar-refractivity contribution in [1.82, 2.24) is 0 Å². The molecule has 2 rings (SSSR count). The van der Waals surface area contributed by atoms with Crippen molar-refractivity contribution in [2.75, 3.05) is 5.32 Å². The van der Waals surface area contributed by atoms with Crippen molar-refractivity contribution in [3.63, 3.8) is 0 Å². The second-order valence-electron chi connectivity index (χ2n) is 4.16. The molecule has 0 saturated heterocycles. The molecule has 0 aliphatic carbocycles. The van der Waals surface area contributed by atoms with E-state index in [1.807, 2.05) is 6.92 Å². The fourth-order valence-electron chi connectivity index (χ4n) is 1.76. The Balaban J connectivity index is 2.25. The van der Waals surface area contributed by atoms with Gasteiger partial charge in [0.05, 0.1) is 6.04 Å². The summed E-state index contributed by atoms with van der Waals surface area (Å²) in [6.07, 6.45) is 0. The summed E-state index contributed by atoms with van der Waals surface area (Å²) < 4.78 is 28.2. The van der Waals surface area contributed by atoms with Crippen LogP contribution in [-0.4, -0.2) is 0 Å². The van der Waals surface area contributed by atoms with Gasteiger partial charge in [-0.15, -0.1) is 0 Å². The van der Waals surface area contributed by atoms with Crippen LogP contribution in [0.15, 0.2) is 45.3 Å². The lowest BCUT2D eigenvalue weighted by atomic mass is 10.1. The summed E-state index contributed by atoms with van der Waals surface area (Å²) in [5.41, 5.74) is 1.26. The van der Waals surface area contributed by atoms with Crippen molar-refractivity contribution in [3.8, 4) is 0 Å². The van der Waals surface area contributed by atoms with Gasteiger partial charge in [-0.05, 0) is 59.3 Å². The highest BCUT2D eigenvalue weighted by Crippen LogP contribution is 2.29. The SMILES string of the molecule is CC(Nc1ccc(F)cc1Br)c1cc(Br)ccc1F. The van der Waals surface area contributed by atoms with Gasteiger partial charge in [-0.2, -0.15) is 0 Å². The fraction of sp³-hybridized carbons (Fsp3) is 0.143. The molecular weight excluding hydrogens is 380 g/mol. The molecule has 0 fully saturated rings. The molecule has 0 spiro atoms. The predicted molar refractivity (Wildman–Crippen MR) is 80.2 cm³/mol. The van der Waals surface area contributed by atoms with Crippen LogP contribution >= 0.6 is 31.9 Å². The Kier molecular flexibility index (Phi) is 4.58. The standard InChI is InChI=1S/C14H11Br2F2N/c1-8(11-6-9(15)2-4-13(11)18)19-14-5-3-10(17)7-12(14)16/h2-8,19H,1H3. The zero-order valence-corrected chi connectivity index (χ0v) is 13.2. The van der Waals surface area contributed by atoms with Crippen molar-refractivity contribution in [3.05, 3.63) is 62.5 Å². The largest absolute Gasteiger partial charge is 0.377 e. The highest BCUT2D eigenvalue weighted by Gasteiger charge is 2.12. The van der Waals surface area contributed by atoms with Crippen LogP contribution in [0.25, 0.3) is 0 Å². The molecule has 0 heterocycles. The maximum atomic E-state index is 13.8. The van der Waals surface area contributed by atoms with Crippen LogP contribution in [0.1, 0.15) is 18.5 Å². The molecule has 0 aliphatic rings. The van der Waals surface area contributed by atoms with Crippen LogP contribution in [0.3, 0.4) is 0 Å². The van der Waals surface area contributed by atoms with Gasteiger partial charge in [-0.25, -0.2) is 8.78 Å². The summed E-state index contributed by atoms with van der Waals surface area (Å²) in [5, 5.41) is 3.15. The van der Waals surface area contributed by atoms with Crippen molar-refractivity contribution < 1.29 is 8.78 Å². The smallest absolute Gasteiger partial charge is 0.128 e. The normalized spacial score (nSPS) is 12.3. The Labute approximate surface area is 127 Å². The van der Waals surface area contributed by atoms with Crippen LogP contribution in [0.5, 0.6) is 0 Å². The summed E-state index contributed by atoms with van der Waals surface area (Å²) >= 11 is 6.60. The minimum absolute atomic E-state index is 0.237. The number of hydrogen-bond donors (Lipinski definition) is 1. The number of nitrogens with one attached hydrogen (secondary N) is 1. The minimum atomic E-state index is -0.321. The molecule has 1 nitrogen and oxygen atoms in total. The first-order valence-corrected chi connectivity index (χ1v) is 7.22. The second-order valence-corrected chi connectivity index (χ2v) is 5.93. The number of benzene rings is 2. The molecule has 1 unspecified atom stereocenters. The molecule has 0 amide bonds. The number of anilines is 1.